The second-order valence-electron chi connectivity index (χ2n) is 5.38. The van der Waals surface area contributed by atoms with Gasteiger partial charge in [0.1, 0.15) is 5.82 Å². The summed E-state index contributed by atoms with van der Waals surface area (Å²) in [5.74, 6) is 0.842. The van der Waals surface area contributed by atoms with Gasteiger partial charge in [-0.05, 0) is 54.1 Å². The van der Waals surface area contributed by atoms with Gasteiger partial charge in [0.25, 0.3) is 0 Å². The SMILES string of the molecule is CCN1CCC(Cn2c(N)nc3cc(I)c(F)cc32)C1. The molecule has 1 aromatic heterocycles. The minimum atomic E-state index is -0.208. The molecular weight excluding hydrogens is 370 g/mol. The minimum Gasteiger partial charge on any atom is -0.369 e. The predicted molar refractivity (Wildman–Crippen MR) is 87.0 cm³/mol. The van der Waals surface area contributed by atoms with Crippen LogP contribution in [-0.2, 0) is 6.54 Å². The highest BCUT2D eigenvalue weighted by Gasteiger charge is 2.23. The van der Waals surface area contributed by atoms with Crippen LogP contribution in [0.1, 0.15) is 13.3 Å². The molecule has 6 heteroatoms. The molecule has 0 saturated carbocycles. The Hall–Kier alpha value is -0.890. The number of likely N-dealkylation sites (tertiary alicyclic amines) is 1. The van der Waals surface area contributed by atoms with Gasteiger partial charge in [-0.2, -0.15) is 0 Å². The highest BCUT2D eigenvalue weighted by atomic mass is 127. The zero-order valence-electron chi connectivity index (χ0n) is 11.4. The number of nitrogens with zero attached hydrogens (tertiary/aromatic N) is 3. The van der Waals surface area contributed by atoms with Crippen molar-refractivity contribution in [1.82, 2.24) is 14.5 Å². The standard InChI is InChI=1S/C14H18FIN4/c1-2-19-4-3-9(7-19)8-20-13-5-10(15)11(16)6-12(13)18-14(20)17/h5-6,9H,2-4,7-8H2,1H3,(H2,17,18). The number of nitrogen functional groups attached to an aromatic ring is 1. The van der Waals surface area contributed by atoms with Crippen LogP contribution in [0.15, 0.2) is 12.1 Å². The van der Waals surface area contributed by atoms with E-state index in [9.17, 15) is 4.39 Å². The van der Waals surface area contributed by atoms with Gasteiger partial charge in [0.15, 0.2) is 0 Å². The maximum atomic E-state index is 13.8. The van der Waals surface area contributed by atoms with E-state index in [0.29, 0.717) is 15.4 Å². The zero-order valence-corrected chi connectivity index (χ0v) is 13.6. The molecule has 108 valence electrons. The lowest BCUT2D eigenvalue weighted by Crippen LogP contribution is -2.21. The number of halogens is 2. The molecule has 0 amide bonds. The summed E-state index contributed by atoms with van der Waals surface area (Å²) in [7, 11) is 0. The summed E-state index contributed by atoms with van der Waals surface area (Å²) < 4.78 is 16.3. The molecule has 1 aliphatic rings. The first kappa shape index (κ1) is 14.1. The number of imidazole rings is 1. The first-order valence-corrected chi connectivity index (χ1v) is 7.99. The molecule has 3 rings (SSSR count). The average Bonchev–Trinajstić information content (AvgIpc) is 2.98. The van der Waals surface area contributed by atoms with Crippen LogP contribution in [0.25, 0.3) is 11.0 Å². The third-order valence-electron chi connectivity index (χ3n) is 4.08. The fourth-order valence-electron chi connectivity index (χ4n) is 2.94. The summed E-state index contributed by atoms with van der Waals surface area (Å²) in [4.78, 5) is 6.79. The van der Waals surface area contributed by atoms with Crippen molar-refractivity contribution in [2.75, 3.05) is 25.4 Å². The van der Waals surface area contributed by atoms with E-state index in [2.05, 4.69) is 16.8 Å². The van der Waals surface area contributed by atoms with E-state index in [1.54, 1.807) is 12.1 Å². The van der Waals surface area contributed by atoms with Gasteiger partial charge in [-0.3, -0.25) is 0 Å². The fraction of sp³-hybridized carbons (Fsp3) is 0.500. The number of hydrogen-bond donors (Lipinski definition) is 1. The van der Waals surface area contributed by atoms with Crippen LogP contribution in [0.5, 0.6) is 0 Å². The Morgan fingerprint density at radius 3 is 3.00 bits per heavy atom. The van der Waals surface area contributed by atoms with E-state index in [0.717, 1.165) is 37.2 Å². The van der Waals surface area contributed by atoms with Crippen molar-refractivity contribution < 1.29 is 4.39 Å². The van der Waals surface area contributed by atoms with Gasteiger partial charge >= 0.3 is 0 Å². The summed E-state index contributed by atoms with van der Waals surface area (Å²) in [5, 5.41) is 0. The van der Waals surface area contributed by atoms with Gasteiger partial charge in [-0.15, -0.1) is 0 Å². The van der Waals surface area contributed by atoms with Gasteiger partial charge in [0, 0.05) is 19.2 Å². The van der Waals surface area contributed by atoms with Gasteiger partial charge in [-0.1, -0.05) is 6.92 Å². The summed E-state index contributed by atoms with van der Waals surface area (Å²) >= 11 is 1.98. The minimum absolute atomic E-state index is 0.208. The molecule has 0 aliphatic carbocycles. The normalized spacial score (nSPS) is 20.1. The van der Waals surface area contributed by atoms with Gasteiger partial charge < -0.3 is 15.2 Å². The quantitative estimate of drug-likeness (QED) is 0.823. The lowest BCUT2D eigenvalue weighted by Gasteiger charge is -2.15. The van der Waals surface area contributed by atoms with E-state index in [1.165, 1.54) is 6.42 Å². The molecule has 0 spiro atoms. The highest BCUT2D eigenvalue weighted by Crippen LogP contribution is 2.26. The van der Waals surface area contributed by atoms with Crippen LogP contribution in [0.4, 0.5) is 10.3 Å². The van der Waals surface area contributed by atoms with Gasteiger partial charge in [0.05, 0.1) is 14.6 Å². The summed E-state index contributed by atoms with van der Waals surface area (Å²) in [6, 6.07) is 3.30. The van der Waals surface area contributed by atoms with Crippen LogP contribution >= 0.6 is 22.6 Å². The van der Waals surface area contributed by atoms with Crippen molar-refractivity contribution in [2.24, 2.45) is 5.92 Å². The molecule has 0 radical (unpaired) electrons. The predicted octanol–water partition coefficient (Wildman–Crippen LogP) is 2.70. The highest BCUT2D eigenvalue weighted by molar-refractivity contribution is 14.1. The molecule has 20 heavy (non-hydrogen) atoms. The second kappa shape index (κ2) is 5.48. The Morgan fingerprint density at radius 2 is 2.30 bits per heavy atom. The second-order valence-corrected chi connectivity index (χ2v) is 6.55. The molecule has 1 atom stereocenters. The van der Waals surface area contributed by atoms with E-state index in [-0.39, 0.29) is 5.82 Å². The van der Waals surface area contributed by atoms with Crippen molar-refractivity contribution >= 4 is 39.6 Å². The monoisotopic (exact) mass is 388 g/mol. The molecule has 1 aliphatic heterocycles. The summed E-state index contributed by atoms with van der Waals surface area (Å²) in [6.45, 7) is 6.31. The van der Waals surface area contributed by atoms with Crippen LogP contribution in [0, 0.1) is 15.3 Å². The number of benzene rings is 1. The molecule has 1 fully saturated rings. The topological polar surface area (TPSA) is 47.1 Å². The number of hydrogen-bond acceptors (Lipinski definition) is 3. The maximum absolute atomic E-state index is 13.8. The molecule has 2 aromatic rings. The van der Waals surface area contributed by atoms with Crippen molar-refractivity contribution in [2.45, 2.75) is 19.9 Å². The number of rotatable bonds is 3. The molecular formula is C14H18FIN4. The summed E-state index contributed by atoms with van der Waals surface area (Å²) in [6.07, 6.45) is 1.17. The number of anilines is 1. The smallest absolute Gasteiger partial charge is 0.201 e. The van der Waals surface area contributed by atoms with Crippen molar-refractivity contribution in [3.05, 3.63) is 21.5 Å². The zero-order chi connectivity index (χ0) is 14.3. The molecule has 4 nitrogen and oxygen atoms in total. The number of aromatic nitrogens is 2. The van der Waals surface area contributed by atoms with E-state index in [4.69, 9.17) is 5.73 Å². The van der Waals surface area contributed by atoms with Crippen LogP contribution < -0.4 is 5.73 Å². The number of nitrogens with two attached hydrogens (primary N) is 1. The molecule has 1 unspecified atom stereocenters. The van der Waals surface area contributed by atoms with E-state index >= 15 is 0 Å². The first-order valence-electron chi connectivity index (χ1n) is 6.91. The average molecular weight is 388 g/mol. The van der Waals surface area contributed by atoms with Crippen molar-refractivity contribution in [1.29, 1.82) is 0 Å². The van der Waals surface area contributed by atoms with E-state index < -0.39 is 0 Å². The third kappa shape index (κ3) is 2.50. The molecule has 1 saturated heterocycles. The largest absolute Gasteiger partial charge is 0.369 e. The Bertz CT molecular complexity index is 640. The van der Waals surface area contributed by atoms with Crippen molar-refractivity contribution in [3.8, 4) is 0 Å². The van der Waals surface area contributed by atoms with Gasteiger partial charge in [-0.25, -0.2) is 9.37 Å². The summed E-state index contributed by atoms with van der Waals surface area (Å²) in [5.41, 5.74) is 7.59. The lowest BCUT2D eigenvalue weighted by molar-refractivity contribution is 0.334. The lowest BCUT2D eigenvalue weighted by atomic mass is 10.1. The Kier molecular flexibility index (Phi) is 3.85. The van der Waals surface area contributed by atoms with Crippen molar-refractivity contribution in [3.63, 3.8) is 0 Å². The number of fused-ring (bicyclic) bond motifs is 1. The Balaban J connectivity index is 1.91. The fourth-order valence-corrected chi connectivity index (χ4v) is 3.39. The Morgan fingerprint density at radius 1 is 1.50 bits per heavy atom. The van der Waals surface area contributed by atoms with Crippen LogP contribution in [0.3, 0.4) is 0 Å². The molecule has 1 aromatic carbocycles. The van der Waals surface area contributed by atoms with E-state index in [1.807, 2.05) is 27.2 Å². The molecule has 2 heterocycles. The maximum Gasteiger partial charge on any atom is 0.201 e. The molecule has 2 N–H and O–H groups in total. The van der Waals surface area contributed by atoms with Crippen LogP contribution in [-0.4, -0.2) is 34.1 Å². The third-order valence-corrected chi connectivity index (χ3v) is 4.90. The molecule has 0 bridgehead atoms. The van der Waals surface area contributed by atoms with Gasteiger partial charge in [0.2, 0.25) is 5.95 Å². The van der Waals surface area contributed by atoms with Crippen LogP contribution in [0.2, 0.25) is 0 Å². The first-order chi connectivity index (χ1) is 9.58. The Labute approximate surface area is 131 Å².